The largest absolute Gasteiger partial charge is 0.576 e. The number of ether oxygens (including phenoxy) is 3. The first-order valence-corrected chi connectivity index (χ1v) is 19.2. The van der Waals surface area contributed by atoms with E-state index in [9.17, 15) is 48.5 Å². The molecule has 2 aliphatic rings. The molecule has 0 saturated carbocycles. The van der Waals surface area contributed by atoms with Gasteiger partial charge in [0.1, 0.15) is 36.6 Å². The molecule has 4 aromatic rings. The number of aromatic amines is 1. The Bertz CT molecular complexity index is 2230. The zero-order valence-electron chi connectivity index (χ0n) is 27.0. The van der Waals surface area contributed by atoms with E-state index in [0.29, 0.717) is 0 Å². The molecule has 0 radical (unpaired) electrons. The molecule has 2 aliphatic heterocycles. The van der Waals surface area contributed by atoms with Crippen molar-refractivity contribution < 1.29 is 85.2 Å². The molecule has 0 bridgehead atoms. The molecular formula is C22H33N10O18P3+2. The van der Waals surface area contributed by atoms with Crippen molar-refractivity contribution in [1.29, 1.82) is 0 Å². The Labute approximate surface area is 293 Å². The maximum atomic E-state index is 12.6. The van der Waals surface area contributed by atoms with Gasteiger partial charge < -0.3 is 60.8 Å². The van der Waals surface area contributed by atoms with Crippen LogP contribution in [0.4, 0.5) is 11.9 Å². The van der Waals surface area contributed by atoms with Crippen LogP contribution in [0.5, 0.6) is 5.88 Å². The van der Waals surface area contributed by atoms with Gasteiger partial charge in [-0.25, -0.2) is 23.2 Å². The SMILES string of the molecule is COC1[C@@H](COP(=O)(O)OP(=O)(O)OP(=O)(O)OC[C@H]2O[C@@H](n3cnc4c(=O)[nH]c(N)nc43)[C@@H](O)C2O)O[C@@H]([n+]2cn(C)c3c([OH2+])nc(N)nc32)[C@H]1O. The first kappa shape index (κ1) is 39.2. The fraction of sp³-hybridized carbons (Fsp3) is 0.545. The topological polar surface area (TPSA) is 410 Å². The summed E-state index contributed by atoms with van der Waals surface area (Å²) in [5.41, 5.74) is 10.5. The Morgan fingerprint density at radius 1 is 0.962 bits per heavy atom. The van der Waals surface area contributed by atoms with Crippen molar-refractivity contribution >= 4 is 57.7 Å². The van der Waals surface area contributed by atoms with Crippen molar-refractivity contribution in [2.45, 2.75) is 49.1 Å². The first-order chi connectivity index (χ1) is 24.7. The fourth-order valence-corrected chi connectivity index (χ4v) is 9.23. The van der Waals surface area contributed by atoms with E-state index in [-0.39, 0.29) is 40.1 Å². The van der Waals surface area contributed by atoms with Crippen LogP contribution in [0.1, 0.15) is 12.5 Å². The average molecular weight is 818 g/mol. The van der Waals surface area contributed by atoms with Crippen molar-refractivity contribution in [1.82, 2.24) is 34.1 Å². The number of nitrogen functional groups attached to an aromatic ring is 2. The molecule has 11 atom stereocenters. The van der Waals surface area contributed by atoms with Gasteiger partial charge >= 0.3 is 40.9 Å². The highest BCUT2D eigenvalue weighted by Gasteiger charge is 2.51. The number of hydrogen-bond acceptors (Lipinski definition) is 20. The second-order valence-electron chi connectivity index (χ2n) is 11.5. The number of aromatic nitrogens is 8. The van der Waals surface area contributed by atoms with Crippen LogP contribution in [0.3, 0.4) is 0 Å². The van der Waals surface area contributed by atoms with Gasteiger partial charge in [0.05, 0.1) is 26.6 Å². The maximum absolute atomic E-state index is 12.6. The molecule has 6 rings (SSSR count). The van der Waals surface area contributed by atoms with Crippen LogP contribution in [0.25, 0.3) is 22.3 Å². The third kappa shape index (κ3) is 7.85. The average Bonchev–Trinajstić information content (AvgIpc) is 3.76. The lowest BCUT2D eigenvalue weighted by atomic mass is 10.1. The highest BCUT2D eigenvalue weighted by molar-refractivity contribution is 7.66. The van der Waals surface area contributed by atoms with Crippen molar-refractivity contribution in [3.8, 4) is 5.88 Å². The van der Waals surface area contributed by atoms with E-state index in [4.69, 9.17) is 35.3 Å². The van der Waals surface area contributed by atoms with Crippen LogP contribution < -0.4 is 21.6 Å². The van der Waals surface area contributed by atoms with Crippen molar-refractivity contribution in [2.24, 2.45) is 7.05 Å². The molecule has 6 heterocycles. The van der Waals surface area contributed by atoms with Crippen LogP contribution in [-0.2, 0) is 52.6 Å². The summed E-state index contributed by atoms with van der Waals surface area (Å²) in [4.78, 5) is 60.2. The summed E-state index contributed by atoms with van der Waals surface area (Å²) in [5.74, 6) is -0.772. The molecule has 31 heteroatoms. The van der Waals surface area contributed by atoms with Crippen LogP contribution in [-0.4, -0.2) is 126 Å². The Morgan fingerprint density at radius 2 is 1.60 bits per heavy atom. The van der Waals surface area contributed by atoms with Crippen molar-refractivity contribution in [3.05, 3.63) is 23.0 Å². The lowest BCUT2D eigenvalue weighted by Gasteiger charge is -2.21. The van der Waals surface area contributed by atoms with Crippen molar-refractivity contribution in [3.63, 3.8) is 0 Å². The number of hydrogen-bond donors (Lipinski definition) is 9. The van der Waals surface area contributed by atoms with Crippen LogP contribution >= 0.6 is 23.5 Å². The normalized spacial score (nSPS) is 29.7. The molecule has 4 aromatic heterocycles. The minimum Gasteiger partial charge on any atom is -0.576 e. The number of rotatable bonds is 13. The minimum absolute atomic E-state index is 0.0909. The highest BCUT2D eigenvalue weighted by Crippen LogP contribution is 2.67. The summed E-state index contributed by atoms with van der Waals surface area (Å²) in [6, 6.07) is 0. The smallest absolute Gasteiger partial charge is 0.490 e. The number of phosphoric ester groups is 2. The predicted octanol–water partition coefficient (Wildman–Crippen LogP) is -3.75. The molecular weight excluding hydrogens is 785 g/mol. The lowest BCUT2D eigenvalue weighted by Crippen LogP contribution is -2.46. The number of nitrogens with two attached hydrogens (primary N) is 2. The minimum atomic E-state index is -5.97. The number of aryl methyl sites for hydroxylation is 1. The molecule has 0 spiro atoms. The molecule has 0 aromatic carbocycles. The first-order valence-electron chi connectivity index (χ1n) is 14.8. The van der Waals surface area contributed by atoms with Gasteiger partial charge in [-0.05, 0) is 0 Å². The zero-order valence-corrected chi connectivity index (χ0v) is 29.7. The summed E-state index contributed by atoms with van der Waals surface area (Å²) in [6.07, 6.45) is -9.54. The fourth-order valence-electron chi connectivity index (χ4n) is 5.71. The Kier molecular flexibility index (Phi) is 10.6. The molecule has 0 aliphatic carbocycles. The summed E-state index contributed by atoms with van der Waals surface area (Å²) in [5, 5.41) is 40.0. The summed E-state index contributed by atoms with van der Waals surface area (Å²) >= 11 is 0. The van der Waals surface area contributed by atoms with E-state index >= 15 is 0 Å². The van der Waals surface area contributed by atoms with E-state index in [1.165, 1.54) is 22.6 Å². The van der Waals surface area contributed by atoms with E-state index < -0.39 is 91.3 Å². The number of anilines is 2. The van der Waals surface area contributed by atoms with Gasteiger partial charge in [-0.3, -0.25) is 28.0 Å². The predicted molar refractivity (Wildman–Crippen MR) is 169 cm³/mol. The monoisotopic (exact) mass is 818 g/mol. The maximum Gasteiger partial charge on any atom is 0.490 e. The van der Waals surface area contributed by atoms with Gasteiger partial charge in [0, 0.05) is 7.11 Å². The summed E-state index contributed by atoms with van der Waals surface area (Å²) < 4.78 is 75.6. The second kappa shape index (κ2) is 14.3. The number of nitrogens with zero attached hydrogens (tertiary/aromatic N) is 7. The number of nitrogens with one attached hydrogen (secondary N) is 1. The van der Waals surface area contributed by atoms with Gasteiger partial charge in [0.25, 0.3) is 11.1 Å². The number of methoxy groups -OCH3 is 1. The quantitative estimate of drug-likeness (QED) is 0.0355. The van der Waals surface area contributed by atoms with E-state index in [1.807, 2.05) is 0 Å². The van der Waals surface area contributed by atoms with Gasteiger partial charge in [-0.1, -0.05) is 4.98 Å². The van der Waals surface area contributed by atoms with E-state index in [2.05, 4.69) is 38.1 Å². The summed E-state index contributed by atoms with van der Waals surface area (Å²) in [6.45, 7) is -2.00. The molecule has 53 heavy (non-hydrogen) atoms. The Hall–Kier alpha value is -3.53. The van der Waals surface area contributed by atoms with Crippen LogP contribution in [0.15, 0.2) is 17.4 Å². The van der Waals surface area contributed by atoms with Gasteiger partial charge in [-0.2, -0.15) is 13.6 Å². The number of aliphatic hydroxyl groups is 3. The standard InChI is InChI=1S/C22H31N10O18P3/c1-30-6-32(16-10(30)18(37)29-22(24)27-16)20-13(35)14(44-2)8(48-20)4-46-52(40,41)50-53(42,43)49-51(38,39)45-3-7-11(33)12(34)19(47-7)31-5-25-9-15(31)26-21(23)28-17(9)36/h5-8,11-14,19-20,33-35H,3-4H2,1-2H3,(H8-,23,24,26,27,28,29,36,37,38,39,40,41,42,43)/p+2/t7-,8-,11?,12+,13+,14?,19-,20-/m1/s1. The number of phosphoric acid groups is 3. The molecule has 2 saturated heterocycles. The third-order valence-electron chi connectivity index (χ3n) is 7.91. The van der Waals surface area contributed by atoms with Crippen LogP contribution in [0, 0.1) is 0 Å². The van der Waals surface area contributed by atoms with Crippen LogP contribution in [0.2, 0.25) is 0 Å². The zero-order chi connectivity index (χ0) is 38.8. The lowest BCUT2D eigenvalue weighted by molar-refractivity contribution is -0.745. The molecule has 2 fully saturated rings. The molecule has 28 nitrogen and oxygen atoms in total. The molecule has 5 unspecified atom stereocenters. The number of fused-ring (bicyclic) bond motifs is 2. The van der Waals surface area contributed by atoms with Gasteiger partial charge in [-0.15, -0.1) is 4.98 Å². The van der Waals surface area contributed by atoms with Gasteiger partial charge in [0.2, 0.25) is 12.2 Å². The highest BCUT2D eigenvalue weighted by atomic mass is 31.3. The number of aliphatic hydroxyl groups excluding tert-OH is 3. The molecule has 0 amide bonds. The molecule has 292 valence electrons. The Balaban J connectivity index is 1.06. The molecule has 13 N–H and O–H groups in total. The van der Waals surface area contributed by atoms with Crippen molar-refractivity contribution in [2.75, 3.05) is 31.8 Å². The van der Waals surface area contributed by atoms with E-state index in [0.717, 1.165) is 10.9 Å². The van der Waals surface area contributed by atoms with Gasteiger partial charge in [0.15, 0.2) is 23.7 Å². The third-order valence-corrected chi connectivity index (χ3v) is 12.2. The number of H-pyrrole nitrogens is 1. The second-order valence-corrected chi connectivity index (χ2v) is 16.1. The Morgan fingerprint density at radius 3 is 2.25 bits per heavy atom. The van der Waals surface area contributed by atoms with E-state index in [1.54, 1.807) is 7.05 Å². The number of imidazole rings is 2. The summed E-state index contributed by atoms with van der Waals surface area (Å²) in [7, 11) is -14.5.